The van der Waals surface area contributed by atoms with Gasteiger partial charge in [-0.2, -0.15) is 0 Å². The fourth-order valence-corrected chi connectivity index (χ4v) is 2.02. The van der Waals surface area contributed by atoms with Crippen molar-refractivity contribution in [2.75, 3.05) is 11.9 Å². The van der Waals surface area contributed by atoms with Crippen molar-refractivity contribution < 1.29 is 5.11 Å². The van der Waals surface area contributed by atoms with Crippen LogP contribution in [0.15, 0.2) is 18.2 Å². The lowest BCUT2D eigenvalue weighted by molar-refractivity contribution is 0.160. The average molecular weight is 198 g/mol. The first-order valence-corrected chi connectivity index (χ1v) is 4.76. The lowest BCUT2D eigenvalue weighted by atomic mass is 10.0. The maximum Gasteiger partial charge on any atom is 0.126 e. The van der Waals surface area contributed by atoms with Crippen LogP contribution in [-0.4, -0.2) is 18.4 Å². The monoisotopic (exact) mass is 197 g/mol. The molecule has 1 aromatic rings. The molecule has 0 aliphatic carbocycles. The van der Waals surface area contributed by atoms with E-state index in [4.69, 9.17) is 11.6 Å². The van der Waals surface area contributed by atoms with Gasteiger partial charge in [0.15, 0.2) is 0 Å². The third kappa shape index (κ3) is 1.40. The van der Waals surface area contributed by atoms with Crippen molar-refractivity contribution in [1.29, 1.82) is 0 Å². The molecule has 0 saturated heterocycles. The summed E-state index contributed by atoms with van der Waals surface area (Å²) in [6, 6.07) is 5.80. The van der Waals surface area contributed by atoms with Crippen molar-refractivity contribution in [3.8, 4) is 0 Å². The molecule has 1 N–H and O–H groups in total. The van der Waals surface area contributed by atoms with E-state index < -0.39 is 0 Å². The van der Waals surface area contributed by atoms with Crippen LogP contribution in [0.4, 0.5) is 5.69 Å². The predicted octanol–water partition coefficient (Wildman–Crippen LogP) is 2.04. The lowest BCUT2D eigenvalue weighted by Gasteiger charge is -2.32. The van der Waals surface area contributed by atoms with Crippen LogP contribution in [0.2, 0.25) is 5.02 Å². The number of aliphatic hydroxyl groups excluding tert-OH is 1. The van der Waals surface area contributed by atoms with Gasteiger partial charge in [0.2, 0.25) is 0 Å². The van der Waals surface area contributed by atoms with Crippen molar-refractivity contribution in [2.45, 2.75) is 19.1 Å². The fraction of sp³-hybridized carbons (Fsp3) is 0.400. The zero-order chi connectivity index (χ0) is 9.42. The van der Waals surface area contributed by atoms with Crippen LogP contribution in [0.5, 0.6) is 0 Å². The van der Waals surface area contributed by atoms with E-state index in [0.29, 0.717) is 0 Å². The number of benzene rings is 1. The number of halogens is 1. The van der Waals surface area contributed by atoms with Gasteiger partial charge in [-0.05, 0) is 30.5 Å². The Hall–Kier alpha value is -0.730. The van der Waals surface area contributed by atoms with E-state index >= 15 is 0 Å². The first-order chi connectivity index (χ1) is 6.20. The van der Waals surface area contributed by atoms with Crippen LogP contribution in [0.25, 0.3) is 0 Å². The molecule has 2 nitrogen and oxygen atoms in total. The van der Waals surface area contributed by atoms with Gasteiger partial charge in [0.05, 0.1) is 0 Å². The highest BCUT2D eigenvalue weighted by atomic mass is 35.5. The molecule has 2 rings (SSSR count). The Kier molecular flexibility index (Phi) is 2.18. The highest BCUT2D eigenvalue weighted by Crippen LogP contribution is 2.33. The summed E-state index contributed by atoms with van der Waals surface area (Å²) in [4.78, 5) is 1.87. The Balaban J connectivity index is 2.49. The molecule has 0 amide bonds. The van der Waals surface area contributed by atoms with E-state index in [-0.39, 0.29) is 6.23 Å². The minimum atomic E-state index is -0.369. The summed E-state index contributed by atoms with van der Waals surface area (Å²) >= 11 is 6.05. The van der Waals surface area contributed by atoms with Crippen molar-refractivity contribution in [3.63, 3.8) is 0 Å². The smallest absolute Gasteiger partial charge is 0.126 e. The number of aliphatic hydroxyl groups is 1. The fourth-order valence-electron chi connectivity index (χ4n) is 1.75. The molecular weight excluding hydrogens is 186 g/mol. The molecular formula is C10H12ClNO. The van der Waals surface area contributed by atoms with Gasteiger partial charge in [-0.3, -0.25) is 0 Å². The number of anilines is 1. The normalized spacial score (nSPS) is 21.5. The molecule has 0 spiro atoms. The van der Waals surface area contributed by atoms with Gasteiger partial charge in [0, 0.05) is 17.8 Å². The largest absolute Gasteiger partial charge is 0.374 e. The minimum absolute atomic E-state index is 0.369. The predicted molar refractivity (Wildman–Crippen MR) is 54.2 cm³/mol. The van der Waals surface area contributed by atoms with Crippen molar-refractivity contribution in [3.05, 3.63) is 28.8 Å². The number of nitrogens with zero attached hydrogens (tertiary/aromatic N) is 1. The molecule has 0 aromatic heterocycles. The average Bonchev–Trinajstić information content (AvgIpc) is 2.12. The van der Waals surface area contributed by atoms with Crippen LogP contribution in [0.1, 0.15) is 12.0 Å². The van der Waals surface area contributed by atoms with E-state index in [1.807, 2.05) is 30.1 Å². The van der Waals surface area contributed by atoms with Gasteiger partial charge >= 0.3 is 0 Å². The summed E-state index contributed by atoms with van der Waals surface area (Å²) in [6.45, 7) is 0. The van der Waals surface area contributed by atoms with Crippen LogP contribution < -0.4 is 4.90 Å². The summed E-state index contributed by atoms with van der Waals surface area (Å²) in [6.07, 6.45) is 1.25. The second kappa shape index (κ2) is 3.20. The quantitative estimate of drug-likeness (QED) is 0.688. The van der Waals surface area contributed by atoms with Crippen molar-refractivity contribution in [1.82, 2.24) is 0 Å². The summed E-state index contributed by atoms with van der Waals surface area (Å²) in [5, 5.41) is 10.4. The van der Waals surface area contributed by atoms with Gasteiger partial charge in [-0.15, -0.1) is 0 Å². The molecule has 0 fully saturated rings. The topological polar surface area (TPSA) is 23.5 Å². The van der Waals surface area contributed by atoms with Gasteiger partial charge in [-0.1, -0.05) is 17.7 Å². The zero-order valence-electron chi connectivity index (χ0n) is 7.50. The molecule has 0 radical (unpaired) electrons. The highest BCUT2D eigenvalue weighted by Gasteiger charge is 2.22. The van der Waals surface area contributed by atoms with E-state index in [2.05, 4.69) is 0 Å². The maximum absolute atomic E-state index is 9.60. The Morgan fingerprint density at radius 1 is 1.54 bits per heavy atom. The molecule has 1 unspecified atom stereocenters. The second-order valence-electron chi connectivity index (χ2n) is 3.37. The van der Waals surface area contributed by atoms with Crippen LogP contribution in [0.3, 0.4) is 0 Å². The molecule has 1 aliphatic heterocycles. The maximum atomic E-state index is 9.60. The molecule has 1 heterocycles. The Morgan fingerprint density at radius 2 is 2.31 bits per heavy atom. The third-order valence-electron chi connectivity index (χ3n) is 2.57. The molecule has 0 bridgehead atoms. The lowest BCUT2D eigenvalue weighted by Crippen LogP contribution is -2.35. The highest BCUT2D eigenvalue weighted by molar-refractivity contribution is 6.31. The first kappa shape index (κ1) is 8.85. The summed E-state index contributed by atoms with van der Waals surface area (Å²) in [5.74, 6) is 0. The Bertz CT molecular complexity index is 327. The molecule has 70 valence electrons. The number of rotatable bonds is 0. The minimum Gasteiger partial charge on any atom is -0.374 e. The van der Waals surface area contributed by atoms with Gasteiger partial charge in [0.25, 0.3) is 0 Å². The van der Waals surface area contributed by atoms with E-state index in [9.17, 15) is 5.11 Å². The molecule has 13 heavy (non-hydrogen) atoms. The second-order valence-corrected chi connectivity index (χ2v) is 3.77. The Morgan fingerprint density at radius 3 is 3.08 bits per heavy atom. The molecule has 1 atom stereocenters. The summed E-state index contributed by atoms with van der Waals surface area (Å²) < 4.78 is 0. The van der Waals surface area contributed by atoms with E-state index in [1.165, 1.54) is 0 Å². The molecule has 1 aliphatic rings. The van der Waals surface area contributed by atoms with Crippen LogP contribution >= 0.6 is 11.6 Å². The zero-order valence-corrected chi connectivity index (χ0v) is 8.25. The number of fused-ring (bicyclic) bond motifs is 1. The van der Waals surface area contributed by atoms with Crippen LogP contribution in [0, 0.1) is 0 Å². The van der Waals surface area contributed by atoms with Gasteiger partial charge < -0.3 is 10.0 Å². The number of hydrogen-bond donors (Lipinski definition) is 1. The number of hydrogen-bond acceptors (Lipinski definition) is 2. The van der Waals surface area contributed by atoms with E-state index in [1.54, 1.807) is 0 Å². The Labute approximate surface area is 82.7 Å². The first-order valence-electron chi connectivity index (χ1n) is 4.38. The SMILES string of the molecule is CN1c2cccc(Cl)c2CCC1O. The van der Waals surface area contributed by atoms with Crippen LogP contribution in [-0.2, 0) is 6.42 Å². The van der Waals surface area contributed by atoms with Crippen molar-refractivity contribution >= 4 is 17.3 Å². The van der Waals surface area contributed by atoms with Crippen molar-refractivity contribution in [2.24, 2.45) is 0 Å². The third-order valence-corrected chi connectivity index (χ3v) is 2.93. The van der Waals surface area contributed by atoms with Gasteiger partial charge in [0.1, 0.15) is 6.23 Å². The van der Waals surface area contributed by atoms with Gasteiger partial charge in [-0.25, -0.2) is 0 Å². The van der Waals surface area contributed by atoms with E-state index in [0.717, 1.165) is 29.1 Å². The molecule has 0 saturated carbocycles. The molecule has 3 heteroatoms. The standard InChI is InChI=1S/C10H12ClNO/c1-12-9-4-2-3-8(11)7(9)5-6-10(12)13/h2-4,10,13H,5-6H2,1H3. The summed E-state index contributed by atoms with van der Waals surface area (Å²) in [5.41, 5.74) is 2.20. The molecule has 1 aromatic carbocycles. The summed E-state index contributed by atoms with van der Waals surface area (Å²) in [7, 11) is 1.89.